The van der Waals surface area contributed by atoms with Crippen LogP contribution in [0.15, 0.2) is 46.7 Å². The molecule has 0 radical (unpaired) electrons. The second-order valence-corrected chi connectivity index (χ2v) is 8.75. The van der Waals surface area contributed by atoms with Crippen molar-refractivity contribution in [2.24, 2.45) is 5.14 Å². The molecule has 0 saturated carbocycles. The Morgan fingerprint density at radius 3 is 2.20 bits per heavy atom. The number of hydrogen-bond acceptors (Lipinski definition) is 4. The van der Waals surface area contributed by atoms with Crippen LogP contribution in [0.25, 0.3) is 6.08 Å². The molecule has 11 heteroatoms. The molecular formula is C14H11Cl2FN2O4S2. The third kappa shape index (κ3) is 5.41. The van der Waals surface area contributed by atoms with Crippen LogP contribution in [-0.4, -0.2) is 16.8 Å². The summed E-state index contributed by atoms with van der Waals surface area (Å²) in [5.41, 5.74) is -0.0195. The van der Waals surface area contributed by atoms with Crippen molar-refractivity contribution in [2.45, 2.75) is 4.90 Å². The van der Waals surface area contributed by atoms with E-state index in [-0.39, 0.29) is 0 Å². The average Bonchev–Trinajstić information content (AvgIpc) is 2.49. The zero-order chi connectivity index (χ0) is 18.8. The summed E-state index contributed by atoms with van der Waals surface area (Å²) in [6.07, 6.45) is 1.25. The van der Waals surface area contributed by atoms with Gasteiger partial charge in [0.1, 0.15) is 10.7 Å². The van der Waals surface area contributed by atoms with Crippen LogP contribution in [-0.2, 0) is 20.0 Å². The van der Waals surface area contributed by atoms with Crippen LogP contribution in [0, 0.1) is 5.82 Å². The molecule has 134 valence electrons. The highest BCUT2D eigenvalue weighted by atomic mass is 35.5. The Bertz CT molecular complexity index is 1040. The Labute approximate surface area is 154 Å². The zero-order valence-electron chi connectivity index (χ0n) is 12.3. The van der Waals surface area contributed by atoms with E-state index in [0.717, 1.165) is 11.5 Å². The molecule has 2 aromatic carbocycles. The molecule has 0 aliphatic rings. The first-order valence-corrected chi connectivity index (χ1v) is 10.3. The van der Waals surface area contributed by atoms with Gasteiger partial charge in [-0.2, -0.15) is 0 Å². The van der Waals surface area contributed by atoms with Gasteiger partial charge in [0.25, 0.3) is 10.0 Å². The number of hydrogen-bond donors (Lipinski definition) is 2. The number of halogens is 3. The number of benzene rings is 2. The molecular weight excluding hydrogens is 414 g/mol. The number of nitrogens with one attached hydrogen (secondary N) is 1. The molecule has 0 saturated heterocycles. The molecule has 2 rings (SSSR count). The van der Waals surface area contributed by atoms with Crippen LogP contribution in [0.2, 0.25) is 10.0 Å². The summed E-state index contributed by atoms with van der Waals surface area (Å²) in [7, 11) is -8.48. The van der Waals surface area contributed by atoms with E-state index >= 15 is 0 Å². The minimum Gasteiger partial charge on any atom is -0.279 e. The Kier molecular flexibility index (Phi) is 5.75. The van der Waals surface area contributed by atoms with Crippen molar-refractivity contribution in [1.29, 1.82) is 0 Å². The zero-order valence-corrected chi connectivity index (χ0v) is 15.4. The van der Waals surface area contributed by atoms with E-state index in [0.29, 0.717) is 16.7 Å². The Balaban J connectivity index is 2.37. The van der Waals surface area contributed by atoms with Crippen molar-refractivity contribution in [3.63, 3.8) is 0 Å². The van der Waals surface area contributed by atoms with E-state index in [4.69, 9.17) is 28.3 Å². The van der Waals surface area contributed by atoms with Gasteiger partial charge < -0.3 is 0 Å². The summed E-state index contributed by atoms with van der Waals surface area (Å²) in [6, 6.07) is 7.64. The van der Waals surface area contributed by atoms with Gasteiger partial charge in [-0.1, -0.05) is 35.3 Å². The van der Waals surface area contributed by atoms with Crippen LogP contribution < -0.4 is 9.86 Å². The Morgan fingerprint density at radius 2 is 1.64 bits per heavy atom. The summed E-state index contributed by atoms with van der Waals surface area (Å²) in [6.45, 7) is 0. The van der Waals surface area contributed by atoms with Gasteiger partial charge >= 0.3 is 0 Å². The molecule has 0 amide bonds. The highest BCUT2D eigenvalue weighted by Crippen LogP contribution is 2.28. The molecule has 0 atom stereocenters. The second-order valence-electron chi connectivity index (χ2n) is 4.81. The number of primary sulfonamides is 1. The van der Waals surface area contributed by atoms with Crippen molar-refractivity contribution < 1.29 is 21.2 Å². The second kappa shape index (κ2) is 7.30. The molecule has 0 aromatic heterocycles. The topological polar surface area (TPSA) is 106 Å². The minimum atomic E-state index is -4.33. The maximum atomic E-state index is 13.6. The molecule has 25 heavy (non-hydrogen) atoms. The molecule has 0 spiro atoms. The third-order valence-electron chi connectivity index (χ3n) is 2.89. The first kappa shape index (κ1) is 19.7. The lowest BCUT2D eigenvalue weighted by molar-refractivity contribution is 0.597. The SMILES string of the molecule is NS(=O)(=O)c1cc(Cl)c(F)cc1NS(=O)(=O)C=Cc1ccc(Cl)cc1. The highest BCUT2D eigenvalue weighted by molar-refractivity contribution is 7.95. The average molecular weight is 425 g/mol. The van der Waals surface area contributed by atoms with Gasteiger partial charge in [-0.3, -0.25) is 4.72 Å². The van der Waals surface area contributed by atoms with Gasteiger partial charge in [0.2, 0.25) is 10.0 Å². The Morgan fingerprint density at radius 1 is 1.04 bits per heavy atom. The van der Waals surface area contributed by atoms with Gasteiger partial charge in [-0.25, -0.2) is 26.4 Å². The van der Waals surface area contributed by atoms with Crippen LogP contribution >= 0.6 is 23.2 Å². The van der Waals surface area contributed by atoms with Gasteiger partial charge in [-0.15, -0.1) is 0 Å². The van der Waals surface area contributed by atoms with Crippen LogP contribution in [0.3, 0.4) is 0 Å². The lowest BCUT2D eigenvalue weighted by Gasteiger charge is -2.10. The van der Waals surface area contributed by atoms with E-state index in [1.807, 2.05) is 4.72 Å². The van der Waals surface area contributed by atoms with E-state index in [2.05, 4.69) is 0 Å². The highest BCUT2D eigenvalue weighted by Gasteiger charge is 2.20. The van der Waals surface area contributed by atoms with Crippen molar-refractivity contribution >= 4 is 55.0 Å². The molecule has 3 N–H and O–H groups in total. The maximum Gasteiger partial charge on any atom is 0.255 e. The van der Waals surface area contributed by atoms with Crippen molar-refractivity contribution in [3.8, 4) is 0 Å². The summed E-state index contributed by atoms with van der Waals surface area (Å²) < 4.78 is 62.8. The van der Waals surface area contributed by atoms with Gasteiger partial charge in [0.05, 0.1) is 16.1 Å². The predicted octanol–water partition coefficient (Wildman–Crippen LogP) is 3.19. The fourth-order valence-corrected chi connectivity index (χ4v) is 3.77. The molecule has 0 aliphatic heterocycles. The van der Waals surface area contributed by atoms with Crippen molar-refractivity contribution in [1.82, 2.24) is 0 Å². The number of sulfonamides is 2. The van der Waals surface area contributed by atoms with Crippen LogP contribution in [0.1, 0.15) is 5.56 Å². The van der Waals surface area contributed by atoms with Gasteiger partial charge in [-0.05, 0) is 29.8 Å². The lowest BCUT2D eigenvalue weighted by atomic mass is 10.2. The minimum absolute atomic E-state index is 0.479. The summed E-state index contributed by atoms with van der Waals surface area (Å²) in [5, 5.41) is 5.76. The first-order valence-electron chi connectivity index (χ1n) is 6.46. The fraction of sp³-hybridized carbons (Fsp3) is 0. The van der Waals surface area contributed by atoms with Crippen LogP contribution in [0.5, 0.6) is 0 Å². The molecule has 0 unspecified atom stereocenters. The van der Waals surface area contributed by atoms with Crippen molar-refractivity contribution in [3.05, 3.63) is 63.2 Å². The largest absolute Gasteiger partial charge is 0.279 e. The molecule has 0 bridgehead atoms. The standard InChI is InChI=1S/C14H11Cl2FN2O4S2/c15-10-3-1-9(2-4-10)5-6-24(20,21)19-13-8-12(17)11(16)7-14(13)25(18,22)23/h1-8,19H,(H2,18,22,23). The number of anilines is 1. The molecule has 0 fully saturated rings. The summed E-state index contributed by atoms with van der Waals surface area (Å²) in [5.74, 6) is -1.01. The normalized spacial score (nSPS) is 12.5. The van der Waals surface area contributed by atoms with E-state index < -0.39 is 41.5 Å². The predicted molar refractivity (Wildman–Crippen MR) is 95.8 cm³/mol. The third-order valence-corrected chi connectivity index (χ3v) is 5.38. The molecule has 2 aromatic rings. The molecule has 0 heterocycles. The lowest BCUT2D eigenvalue weighted by Crippen LogP contribution is -2.17. The number of rotatable bonds is 5. The first-order chi connectivity index (χ1) is 11.5. The quantitative estimate of drug-likeness (QED) is 0.767. The van der Waals surface area contributed by atoms with Crippen molar-refractivity contribution in [2.75, 3.05) is 4.72 Å². The fourth-order valence-electron chi connectivity index (χ4n) is 1.77. The molecule has 6 nitrogen and oxygen atoms in total. The van der Waals surface area contributed by atoms with E-state index in [1.54, 1.807) is 24.3 Å². The smallest absolute Gasteiger partial charge is 0.255 e. The summed E-state index contributed by atoms with van der Waals surface area (Å²) in [4.78, 5) is -0.651. The molecule has 0 aliphatic carbocycles. The van der Waals surface area contributed by atoms with E-state index in [9.17, 15) is 21.2 Å². The Hall–Kier alpha value is -1.65. The van der Waals surface area contributed by atoms with Gasteiger partial charge in [0, 0.05) is 11.1 Å². The summed E-state index contributed by atoms with van der Waals surface area (Å²) >= 11 is 11.2. The van der Waals surface area contributed by atoms with E-state index in [1.165, 1.54) is 6.08 Å². The number of nitrogens with two attached hydrogens (primary N) is 1. The van der Waals surface area contributed by atoms with Crippen LogP contribution in [0.4, 0.5) is 10.1 Å². The maximum absolute atomic E-state index is 13.6. The van der Waals surface area contributed by atoms with Gasteiger partial charge in [0.15, 0.2) is 0 Å². The monoisotopic (exact) mass is 424 g/mol.